The van der Waals surface area contributed by atoms with Gasteiger partial charge in [-0.05, 0) is 74.5 Å². The molecule has 226 valence electrons. The summed E-state index contributed by atoms with van der Waals surface area (Å²) in [5, 5.41) is 8.57. The Morgan fingerprint density at radius 3 is 2.23 bits per heavy atom. The molecular formula is C31H29F2N7O3S. The standard InChI is InChI=1S/C31H29F2N7O3S/c1-37(2)16-21-27-29(42)40(25-14-13-24(35-36-25)38-15-4-3-8-26(38)41)31(43)39(17-20-22(32)6-5-7-23(20)33)30(27)44-28(21)18-9-11-19(34)12-10-18/h5-7,9-14H,3-4,8,15-17,34H2,1-2H3. The van der Waals surface area contributed by atoms with E-state index < -0.39 is 29.4 Å². The monoisotopic (exact) mass is 617 g/mol. The number of hydrogen-bond acceptors (Lipinski definition) is 8. The molecule has 0 spiro atoms. The molecular weight excluding hydrogens is 588 g/mol. The van der Waals surface area contributed by atoms with Crippen molar-refractivity contribution in [1.29, 1.82) is 0 Å². The lowest BCUT2D eigenvalue weighted by atomic mass is 10.1. The number of benzene rings is 2. The van der Waals surface area contributed by atoms with Gasteiger partial charge in [0.1, 0.15) is 16.5 Å². The zero-order chi connectivity index (χ0) is 31.1. The normalized spacial score (nSPS) is 13.8. The Morgan fingerprint density at radius 2 is 1.59 bits per heavy atom. The van der Waals surface area contributed by atoms with E-state index in [0.29, 0.717) is 36.6 Å². The van der Waals surface area contributed by atoms with Gasteiger partial charge in [0.25, 0.3) is 5.56 Å². The number of carbonyl (C=O) groups is 1. The molecule has 1 fully saturated rings. The number of fused-ring (bicyclic) bond motifs is 1. The quantitative estimate of drug-likeness (QED) is 0.273. The van der Waals surface area contributed by atoms with Gasteiger partial charge in [-0.2, -0.15) is 0 Å². The van der Waals surface area contributed by atoms with Crippen molar-refractivity contribution in [1.82, 2.24) is 24.2 Å². The van der Waals surface area contributed by atoms with Crippen molar-refractivity contribution in [2.45, 2.75) is 32.4 Å². The van der Waals surface area contributed by atoms with Gasteiger partial charge in [0.15, 0.2) is 11.6 Å². The smallest absolute Gasteiger partial charge is 0.338 e. The Morgan fingerprint density at radius 1 is 0.909 bits per heavy atom. The second-order valence-corrected chi connectivity index (χ2v) is 11.9. The number of nitrogen functional groups attached to an aromatic ring is 1. The minimum Gasteiger partial charge on any atom is -0.399 e. The van der Waals surface area contributed by atoms with Crippen LogP contribution in [0, 0.1) is 11.6 Å². The molecule has 0 saturated carbocycles. The summed E-state index contributed by atoms with van der Waals surface area (Å²) in [5.74, 6) is -1.47. The molecule has 5 aromatic rings. The average molecular weight is 618 g/mol. The van der Waals surface area contributed by atoms with E-state index in [1.54, 1.807) is 12.1 Å². The van der Waals surface area contributed by atoms with E-state index in [9.17, 15) is 23.2 Å². The summed E-state index contributed by atoms with van der Waals surface area (Å²) < 4.78 is 31.8. The van der Waals surface area contributed by atoms with Crippen LogP contribution in [0.15, 0.2) is 64.2 Å². The number of carbonyl (C=O) groups excluding carboxylic acids is 1. The highest BCUT2D eigenvalue weighted by atomic mass is 32.1. The van der Waals surface area contributed by atoms with Crippen molar-refractivity contribution in [3.8, 4) is 16.3 Å². The predicted octanol–water partition coefficient (Wildman–Crippen LogP) is 4.16. The fourth-order valence-corrected chi connectivity index (χ4v) is 6.72. The fourth-order valence-electron chi connectivity index (χ4n) is 5.42. The average Bonchev–Trinajstić information content (AvgIpc) is 3.36. The summed E-state index contributed by atoms with van der Waals surface area (Å²) in [6.45, 7) is 0.365. The molecule has 1 amide bonds. The van der Waals surface area contributed by atoms with Gasteiger partial charge in [0.2, 0.25) is 5.91 Å². The zero-order valence-corrected chi connectivity index (χ0v) is 24.9. The number of rotatable bonds is 7. The first kappa shape index (κ1) is 29.3. The number of nitrogens with zero attached hydrogens (tertiary/aromatic N) is 6. The van der Waals surface area contributed by atoms with Crippen LogP contribution in [0.25, 0.3) is 26.5 Å². The summed E-state index contributed by atoms with van der Waals surface area (Å²) >= 11 is 1.19. The first-order valence-electron chi connectivity index (χ1n) is 14.0. The van der Waals surface area contributed by atoms with Crippen molar-refractivity contribution in [2.24, 2.45) is 0 Å². The lowest BCUT2D eigenvalue weighted by molar-refractivity contribution is -0.119. The third kappa shape index (κ3) is 5.28. The number of halogens is 2. The van der Waals surface area contributed by atoms with Crippen molar-refractivity contribution in [3.05, 3.63) is 98.2 Å². The van der Waals surface area contributed by atoms with E-state index in [2.05, 4.69) is 10.2 Å². The highest BCUT2D eigenvalue weighted by molar-refractivity contribution is 7.22. The first-order valence-corrected chi connectivity index (χ1v) is 14.8. The Bertz CT molecular complexity index is 1980. The molecule has 1 saturated heterocycles. The molecule has 0 bridgehead atoms. The summed E-state index contributed by atoms with van der Waals surface area (Å²) in [6.07, 6.45) is 2.03. The topological polar surface area (TPSA) is 119 Å². The van der Waals surface area contributed by atoms with Gasteiger partial charge in [-0.15, -0.1) is 21.5 Å². The fraction of sp³-hybridized carbons (Fsp3) is 0.258. The van der Waals surface area contributed by atoms with Crippen LogP contribution in [0.1, 0.15) is 30.4 Å². The molecule has 10 nitrogen and oxygen atoms in total. The lowest BCUT2D eigenvalue weighted by Crippen LogP contribution is -2.40. The minimum absolute atomic E-state index is 0.0751. The van der Waals surface area contributed by atoms with Crippen LogP contribution in [0.3, 0.4) is 0 Å². The van der Waals surface area contributed by atoms with Crippen LogP contribution in [0.4, 0.5) is 20.3 Å². The van der Waals surface area contributed by atoms with Crippen LogP contribution in [-0.2, 0) is 17.9 Å². The molecule has 0 aliphatic carbocycles. The lowest BCUT2D eigenvalue weighted by Gasteiger charge is -2.25. The number of nitrogens with two attached hydrogens (primary N) is 1. The molecule has 3 aromatic heterocycles. The number of amides is 1. The van der Waals surface area contributed by atoms with E-state index in [0.717, 1.165) is 40.0 Å². The van der Waals surface area contributed by atoms with Gasteiger partial charge in [-0.1, -0.05) is 18.2 Å². The second-order valence-electron chi connectivity index (χ2n) is 10.9. The molecule has 1 aliphatic rings. The molecule has 4 heterocycles. The Kier molecular flexibility index (Phi) is 7.82. The molecule has 2 aromatic carbocycles. The van der Waals surface area contributed by atoms with Gasteiger partial charge >= 0.3 is 5.69 Å². The van der Waals surface area contributed by atoms with Crippen LogP contribution >= 0.6 is 11.3 Å². The highest BCUT2D eigenvalue weighted by Gasteiger charge is 2.26. The largest absolute Gasteiger partial charge is 0.399 e. The third-order valence-corrected chi connectivity index (χ3v) is 8.87. The van der Waals surface area contributed by atoms with Crippen LogP contribution < -0.4 is 21.9 Å². The van der Waals surface area contributed by atoms with E-state index in [1.807, 2.05) is 31.1 Å². The van der Waals surface area contributed by atoms with E-state index in [4.69, 9.17) is 5.73 Å². The van der Waals surface area contributed by atoms with Crippen LogP contribution in [-0.4, -0.2) is 50.8 Å². The van der Waals surface area contributed by atoms with Crippen molar-refractivity contribution >= 4 is 39.0 Å². The molecule has 2 N–H and O–H groups in total. The maximum atomic E-state index is 14.9. The highest BCUT2D eigenvalue weighted by Crippen LogP contribution is 2.38. The predicted molar refractivity (Wildman–Crippen MR) is 166 cm³/mol. The van der Waals surface area contributed by atoms with E-state index in [-0.39, 0.29) is 27.5 Å². The molecule has 6 rings (SSSR count). The molecule has 44 heavy (non-hydrogen) atoms. The van der Waals surface area contributed by atoms with Gasteiger partial charge in [0.05, 0.1) is 11.9 Å². The SMILES string of the molecule is CN(C)Cc1c(-c2ccc(N)cc2)sc2c1c(=O)n(-c1ccc(N3CCCCC3=O)nn1)c(=O)n2Cc1c(F)cccc1F. The van der Waals surface area contributed by atoms with Gasteiger partial charge in [0, 0.05) is 35.6 Å². The van der Waals surface area contributed by atoms with Crippen molar-refractivity contribution in [2.75, 3.05) is 31.3 Å². The maximum Gasteiger partial charge on any atom is 0.338 e. The second kappa shape index (κ2) is 11.7. The molecule has 1 aliphatic heterocycles. The number of aromatic nitrogens is 4. The Hall–Kier alpha value is -4.75. The summed E-state index contributed by atoms with van der Waals surface area (Å²) in [7, 11) is 3.71. The van der Waals surface area contributed by atoms with Crippen LogP contribution in [0.5, 0.6) is 0 Å². The Labute approximate surface area is 254 Å². The maximum absolute atomic E-state index is 14.9. The molecule has 0 unspecified atom stereocenters. The van der Waals surface area contributed by atoms with Gasteiger partial charge in [-0.3, -0.25) is 19.1 Å². The molecule has 13 heteroatoms. The summed E-state index contributed by atoms with van der Waals surface area (Å²) in [5.41, 5.74) is 6.11. The summed E-state index contributed by atoms with van der Waals surface area (Å²) in [4.78, 5) is 45.2. The number of anilines is 2. The van der Waals surface area contributed by atoms with Crippen molar-refractivity contribution < 1.29 is 13.6 Å². The summed E-state index contributed by atoms with van der Waals surface area (Å²) in [6, 6.07) is 13.6. The van der Waals surface area contributed by atoms with E-state index in [1.165, 1.54) is 39.0 Å². The van der Waals surface area contributed by atoms with Gasteiger partial charge < -0.3 is 10.6 Å². The molecule has 0 radical (unpaired) electrons. The van der Waals surface area contributed by atoms with Crippen LogP contribution in [0.2, 0.25) is 0 Å². The van der Waals surface area contributed by atoms with E-state index >= 15 is 0 Å². The molecule has 0 atom stereocenters. The first-order chi connectivity index (χ1) is 21.1. The zero-order valence-electron chi connectivity index (χ0n) is 24.1. The number of piperidine rings is 1. The number of hydrogen-bond donors (Lipinski definition) is 1. The third-order valence-electron chi connectivity index (χ3n) is 7.56. The van der Waals surface area contributed by atoms with Crippen molar-refractivity contribution in [3.63, 3.8) is 0 Å². The minimum atomic E-state index is -0.831. The number of thiophene rings is 1. The Balaban J connectivity index is 1.62. The van der Waals surface area contributed by atoms with Gasteiger partial charge in [-0.25, -0.2) is 18.1 Å².